The predicted octanol–water partition coefficient (Wildman–Crippen LogP) is 2.30. The van der Waals surface area contributed by atoms with E-state index >= 15 is 0 Å². The van der Waals surface area contributed by atoms with Gasteiger partial charge in [-0.3, -0.25) is 19.6 Å². The average Bonchev–Trinajstić information content (AvgIpc) is 2.56. The smallest absolute Gasteiger partial charge is 0.0513 e. The monoisotopic (exact) mass is 332 g/mol. The van der Waals surface area contributed by atoms with Crippen LogP contribution < -0.4 is 0 Å². The first kappa shape index (κ1) is 20.8. The third-order valence-corrected chi connectivity index (χ3v) is 4.36. The lowest BCUT2D eigenvalue weighted by atomic mass is 10.3. The Hall–Kier alpha value is -1.20. The van der Waals surface area contributed by atoms with Gasteiger partial charge in [-0.05, 0) is 19.5 Å². The molecular formula is C20H36N4. The van der Waals surface area contributed by atoms with E-state index in [1.807, 2.05) is 24.3 Å². The van der Waals surface area contributed by atoms with Gasteiger partial charge in [0.2, 0.25) is 0 Å². The van der Waals surface area contributed by atoms with Gasteiger partial charge in [-0.15, -0.1) is 26.3 Å². The van der Waals surface area contributed by atoms with E-state index < -0.39 is 0 Å². The second kappa shape index (κ2) is 13.1. The van der Waals surface area contributed by atoms with Gasteiger partial charge >= 0.3 is 0 Å². The molecule has 1 aliphatic rings. The van der Waals surface area contributed by atoms with Crippen molar-refractivity contribution in [1.82, 2.24) is 19.6 Å². The predicted molar refractivity (Wildman–Crippen MR) is 106 cm³/mol. The molecule has 0 unspecified atom stereocenters. The third kappa shape index (κ3) is 8.60. The molecule has 0 spiro atoms. The Kier molecular flexibility index (Phi) is 11.4. The topological polar surface area (TPSA) is 13.0 Å². The number of nitrogens with zero attached hydrogens (tertiary/aromatic N) is 4. The number of hydrogen-bond donors (Lipinski definition) is 0. The first-order valence-electron chi connectivity index (χ1n) is 9.06. The molecule has 4 heteroatoms. The van der Waals surface area contributed by atoms with E-state index in [9.17, 15) is 0 Å². The Morgan fingerprint density at radius 3 is 1.21 bits per heavy atom. The van der Waals surface area contributed by atoms with Crippen molar-refractivity contribution in [3.05, 3.63) is 50.6 Å². The summed E-state index contributed by atoms with van der Waals surface area (Å²) >= 11 is 0. The van der Waals surface area contributed by atoms with Crippen molar-refractivity contribution in [1.29, 1.82) is 0 Å². The number of rotatable bonds is 8. The SMILES string of the molecule is C=CCN1CCCN(CC=C)CCN(CC=C)CN(CC=C)CC1. The molecule has 1 saturated heterocycles. The Morgan fingerprint density at radius 1 is 0.500 bits per heavy atom. The van der Waals surface area contributed by atoms with Crippen LogP contribution in [0.25, 0.3) is 0 Å². The largest absolute Gasteiger partial charge is 0.298 e. The summed E-state index contributed by atoms with van der Waals surface area (Å²) in [4.78, 5) is 9.92. The maximum atomic E-state index is 3.92. The molecule has 0 aliphatic carbocycles. The zero-order chi connectivity index (χ0) is 17.6. The quantitative estimate of drug-likeness (QED) is 0.632. The highest BCUT2D eigenvalue weighted by atomic mass is 15.3. The Bertz CT molecular complexity index is 346. The highest BCUT2D eigenvalue weighted by molar-refractivity contribution is 4.82. The van der Waals surface area contributed by atoms with Gasteiger partial charge in [0.15, 0.2) is 0 Å². The standard InChI is InChI=1S/C20H36N4/c1-5-10-21-14-9-15-22(11-6-2)17-19-24(13-8-4)20-23(12-7-3)18-16-21/h5-8H,1-4,9-20H2. The van der Waals surface area contributed by atoms with Gasteiger partial charge in [-0.25, -0.2) is 0 Å². The lowest BCUT2D eigenvalue weighted by Gasteiger charge is -2.34. The first-order valence-corrected chi connectivity index (χ1v) is 9.06. The molecule has 1 rings (SSSR count). The van der Waals surface area contributed by atoms with Crippen molar-refractivity contribution in [3.8, 4) is 0 Å². The summed E-state index contributed by atoms with van der Waals surface area (Å²) in [7, 11) is 0. The van der Waals surface area contributed by atoms with Crippen LogP contribution in [0.5, 0.6) is 0 Å². The third-order valence-electron chi connectivity index (χ3n) is 4.36. The molecule has 24 heavy (non-hydrogen) atoms. The van der Waals surface area contributed by atoms with Crippen LogP contribution in [0.1, 0.15) is 6.42 Å². The summed E-state index contributed by atoms with van der Waals surface area (Å²) in [5.41, 5.74) is 0. The molecule has 0 atom stereocenters. The van der Waals surface area contributed by atoms with Crippen LogP contribution in [0.3, 0.4) is 0 Å². The highest BCUT2D eigenvalue weighted by Gasteiger charge is 2.15. The van der Waals surface area contributed by atoms with Gasteiger partial charge in [0.1, 0.15) is 0 Å². The van der Waals surface area contributed by atoms with Gasteiger partial charge < -0.3 is 0 Å². The Labute approximate surface area is 149 Å². The van der Waals surface area contributed by atoms with Crippen molar-refractivity contribution in [3.63, 3.8) is 0 Å². The van der Waals surface area contributed by atoms with E-state index in [2.05, 4.69) is 45.9 Å². The summed E-state index contributed by atoms with van der Waals surface area (Å²) in [6.07, 6.45) is 9.20. The molecule has 0 aromatic heterocycles. The minimum Gasteiger partial charge on any atom is -0.298 e. The van der Waals surface area contributed by atoms with Crippen LogP contribution in [0, 0.1) is 0 Å². The van der Waals surface area contributed by atoms with Gasteiger partial charge in [0.25, 0.3) is 0 Å². The molecule has 0 bridgehead atoms. The highest BCUT2D eigenvalue weighted by Crippen LogP contribution is 2.03. The van der Waals surface area contributed by atoms with Crippen LogP contribution in [-0.2, 0) is 0 Å². The van der Waals surface area contributed by atoms with E-state index in [-0.39, 0.29) is 0 Å². The molecule has 0 radical (unpaired) electrons. The second-order valence-electron chi connectivity index (χ2n) is 6.40. The minimum atomic E-state index is 0.923. The van der Waals surface area contributed by atoms with Crippen LogP contribution in [0.4, 0.5) is 0 Å². The summed E-state index contributed by atoms with van der Waals surface area (Å²) in [6, 6.07) is 0. The van der Waals surface area contributed by atoms with E-state index in [0.29, 0.717) is 0 Å². The van der Waals surface area contributed by atoms with E-state index in [0.717, 1.165) is 72.1 Å². The van der Waals surface area contributed by atoms with Crippen LogP contribution in [0.15, 0.2) is 50.6 Å². The molecule has 0 aromatic carbocycles. The average molecular weight is 333 g/mol. The lowest BCUT2D eigenvalue weighted by molar-refractivity contribution is 0.116. The molecule has 1 fully saturated rings. The summed E-state index contributed by atoms with van der Waals surface area (Å²) in [6.45, 7) is 26.9. The fourth-order valence-electron chi connectivity index (χ4n) is 3.12. The van der Waals surface area contributed by atoms with Gasteiger partial charge in [-0.1, -0.05) is 24.3 Å². The summed E-state index contributed by atoms with van der Waals surface area (Å²) in [5.74, 6) is 0. The number of hydrogen-bond acceptors (Lipinski definition) is 4. The fourth-order valence-corrected chi connectivity index (χ4v) is 3.12. The molecule has 0 aromatic rings. The van der Waals surface area contributed by atoms with Crippen molar-refractivity contribution in [2.75, 3.05) is 72.1 Å². The second-order valence-corrected chi connectivity index (χ2v) is 6.40. The summed E-state index contributed by atoms with van der Waals surface area (Å²) in [5, 5.41) is 0. The van der Waals surface area contributed by atoms with Crippen molar-refractivity contribution in [2.24, 2.45) is 0 Å². The summed E-state index contributed by atoms with van der Waals surface area (Å²) < 4.78 is 0. The van der Waals surface area contributed by atoms with E-state index in [1.165, 1.54) is 6.42 Å². The van der Waals surface area contributed by atoms with Crippen LogP contribution >= 0.6 is 0 Å². The molecule has 1 heterocycles. The maximum absolute atomic E-state index is 3.92. The van der Waals surface area contributed by atoms with Crippen LogP contribution in [-0.4, -0.2) is 91.7 Å². The fraction of sp³-hybridized carbons (Fsp3) is 0.600. The van der Waals surface area contributed by atoms with Crippen molar-refractivity contribution in [2.45, 2.75) is 6.42 Å². The van der Waals surface area contributed by atoms with E-state index in [4.69, 9.17) is 0 Å². The van der Waals surface area contributed by atoms with Gasteiger partial charge in [-0.2, -0.15) is 0 Å². The van der Waals surface area contributed by atoms with Crippen molar-refractivity contribution >= 4 is 0 Å². The molecule has 0 saturated carbocycles. The lowest BCUT2D eigenvalue weighted by Crippen LogP contribution is -2.46. The molecule has 136 valence electrons. The molecule has 4 nitrogen and oxygen atoms in total. The zero-order valence-electron chi connectivity index (χ0n) is 15.4. The molecular weight excluding hydrogens is 296 g/mol. The molecule has 0 amide bonds. The van der Waals surface area contributed by atoms with Crippen LogP contribution in [0.2, 0.25) is 0 Å². The van der Waals surface area contributed by atoms with Crippen molar-refractivity contribution < 1.29 is 0 Å². The normalized spacial score (nSPS) is 20.7. The van der Waals surface area contributed by atoms with Gasteiger partial charge in [0, 0.05) is 52.4 Å². The first-order chi connectivity index (χ1) is 11.7. The molecule has 1 aliphatic heterocycles. The molecule has 0 N–H and O–H groups in total. The van der Waals surface area contributed by atoms with E-state index in [1.54, 1.807) is 0 Å². The zero-order valence-corrected chi connectivity index (χ0v) is 15.4. The van der Waals surface area contributed by atoms with Gasteiger partial charge in [0.05, 0.1) is 6.67 Å². The Balaban J connectivity index is 2.78. The Morgan fingerprint density at radius 2 is 0.833 bits per heavy atom. The maximum Gasteiger partial charge on any atom is 0.0513 e. The minimum absolute atomic E-state index is 0.923.